The summed E-state index contributed by atoms with van der Waals surface area (Å²) < 4.78 is 37.2. The number of carbonyl (C=O) groups is 1. The number of hydrogen-bond acceptors (Lipinski definition) is 10. The van der Waals surface area contributed by atoms with Crippen molar-refractivity contribution < 1.29 is 37.5 Å². The standard InChI is InChI=1S/C18H15N3O8S2/c1-10(22)19-14-9-13(31(25,26)27)7-11-8-15(30-29-28-24)17(18(23)16(11)14)21-20-12-5-3-2-4-6-12/h2-9,23-24H,1H3,(H,19,22)(H,25,26,27). The molecule has 0 aliphatic rings. The number of amides is 1. The second kappa shape index (κ2) is 9.38. The van der Waals surface area contributed by atoms with E-state index in [1.165, 1.54) is 13.0 Å². The highest BCUT2D eigenvalue weighted by atomic mass is 32.2. The van der Waals surface area contributed by atoms with Gasteiger partial charge >= 0.3 is 0 Å². The number of azo groups is 1. The fourth-order valence-corrected chi connectivity index (χ4v) is 3.75. The first-order valence-electron chi connectivity index (χ1n) is 8.41. The van der Waals surface area contributed by atoms with E-state index in [9.17, 15) is 22.9 Å². The third kappa shape index (κ3) is 5.35. The molecule has 0 atom stereocenters. The number of nitrogens with zero attached hydrogens (tertiary/aromatic N) is 2. The molecule has 0 spiro atoms. The highest BCUT2D eigenvalue weighted by molar-refractivity contribution is 7.94. The predicted molar refractivity (Wildman–Crippen MR) is 111 cm³/mol. The van der Waals surface area contributed by atoms with Gasteiger partial charge < -0.3 is 10.4 Å². The number of rotatable bonds is 7. The molecule has 0 saturated heterocycles. The smallest absolute Gasteiger partial charge is 0.294 e. The highest BCUT2D eigenvalue weighted by Crippen LogP contribution is 2.47. The van der Waals surface area contributed by atoms with Crippen LogP contribution in [0.2, 0.25) is 0 Å². The van der Waals surface area contributed by atoms with Gasteiger partial charge in [0.1, 0.15) is 5.69 Å². The number of carbonyl (C=O) groups excluding carboxylic acids is 1. The Morgan fingerprint density at radius 1 is 1.13 bits per heavy atom. The molecule has 4 N–H and O–H groups in total. The number of benzene rings is 3. The summed E-state index contributed by atoms with van der Waals surface area (Å²) in [6, 6.07) is 12.0. The lowest BCUT2D eigenvalue weighted by molar-refractivity contribution is -0.432. The van der Waals surface area contributed by atoms with Crippen LogP contribution in [0.15, 0.2) is 68.6 Å². The Balaban J connectivity index is 2.29. The van der Waals surface area contributed by atoms with Crippen LogP contribution in [0.1, 0.15) is 6.92 Å². The Bertz CT molecular complexity index is 1260. The first-order valence-corrected chi connectivity index (χ1v) is 10.6. The highest BCUT2D eigenvalue weighted by Gasteiger charge is 2.21. The molecular formula is C18H15N3O8S2. The monoisotopic (exact) mass is 465 g/mol. The second-order valence-electron chi connectivity index (χ2n) is 6.06. The van der Waals surface area contributed by atoms with Crippen molar-refractivity contribution in [3.63, 3.8) is 0 Å². The van der Waals surface area contributed by atoms with Crippen LogP contribution in [0.3, 0.4) is 0 Å². The predicted octanol–water partition coefficient (Wildman–Crippen LogP) is 4.59. The van der Waals surface area contributed by atoms with E-state index >= 15 is 0 Å². The van der Waals surface area contributed by atoms with Gasteiger partial charge in [0, 0.05) is 12.3 Å². The summed E-state index contributed by atoms with van der Waals surface area (Å²) in [6.45, 7) is 1.19. The van der Waals surface area contributed by atoms with Crippen LogP contribution in [0, 0.1) is 0 Å². The Morgan fingerprint density at radius 3 is 2.45 bits per heavy atom. The van der Waals surface area contributed by atoms with Crippen molar-refractivity contribution in [1.82, 2.24) is 0 Å². The van der Waals surface area contributed by atoms with Crippen molar-refractivity contribution in [2.24, 2.45) is 10.2 Å². The number of aromatic hydroxyl groups is 1. The van der Waals surface area contributed by atoms with Crippen LogP contribution in [0.4, 0.5) is 17.1 Å². The normalized spacial score (nSPS) is 11.8. The number of fused-ring (bicyclic) bond motifs is 1. The summed E-state index contributed by atoms with van der Waals surface area (Å²) in [5, 5.41) is 33.6. The summed E-state index contributed by atoms with van der Waals surface area (Å²) in [4.78, 5) is 11.2. The van der Waals surface area contributed by atoms with Gasteiger partial charge in [0.05, 0.1) is 33.2 Å². The third-order valence-corrected chi connectivity index (χ3v) is 5.36. The molecule has 0 aliphatic heterocycles. The van der Waals surface area contributed by atoms with Crippen LogP contribution in [0.25, 0.3) is 10.8 Å². The zero-order valence-electron chi connectivity index (χ0n) is 15.7. The fourth-order valence-electron chi connectivity index (χ4n) is 2.71. The molecule has 0 aromatic heterocycles. The Labute approximate surface area is 180 Å². The Kier molecular flexibility index (Phi) is 6.84. The van der Waals surface area contributed by atoms with Crippen LogP contribution >= 0.6 is 12.0 Å². The molecule has 13 heteroatoms. The van der Waals surface area contributed by atoms with Crippen molar-refractivity contribution in [3.05, 3.63) is 48.5 Å². The summed E-state index contributed by atoms with van der Waals surface area (Å²) >= 11 is 0.459. The van der Waals surface area contributed by atoms with E-state index < -0.39 is 26.7 Å². The molecule has 0 bridgehead atoms. The molecule has 3 rings (SSSR count). The average molecular weight is 465 g/mol. The van der Waals surface area contributed by atoms with Crippen LogP contribution in [0.5, 0.6) is 5.75 Å². The van der Waals surface area contributed by atoms with Gasteiger partial charge in [-0.1, -0.05) is 23.2 Å². The molecule has 0 aliphatic carbocycles. The maximum Gasteiger partial charge on any atom is 0.294 e. The van der Waals surface area contributed by atoms with E-state index in [1.807, 2.05) is 0 Å². The van der Waals surface area contributed by atoms with E-state index in [2.05, 4.69) is 24.9 Å². The SMILES string of the molecule is CC(=O)Nc1cc(S(=O)(=O)O)cc2cc(SOOO)c(N=Nc3ccccc3)c(O)c12. The average Bonchev–Trinajstić information content (AvgIpc) is 2.71. The molecule has 11 nitrogen and oxygen atoms in total. The van der Waals surface area contributed by atoms with E-state index in [0.717, 1.165) is 12.1 Å². The maximum absolute atomic E-state index is 11.6. The van der Waals surface area contributed by atoms with E-state index in [-0.39, 0.29) is 27.0 Å². The van der Waals surface area contributed by atoms with E-state index in [1.54, 1.807) is 30.3 Å². The van der Waals surface area contributed by atoms with Gasteiger partial charge in [-0.3, -0.25) is 9.35 Å². The molecule has 162 valence electrons. The van der Waals surface area contributed by atoms with Gasteiger partial charge in [-0.25, -0.2) is 5.26 Å². The molecule has 3 aromatic rings. The lowest BCUT2D eigenvalue weighted by Crippen LogP contribution is -2.08. The molecule has 0 heterocycles. The van der Waals surface area contributed by atoms with Gasteiger partial charge in [0.2, 0.25) is 5.91 Å². The van der Waals surface area contributed by atoms with Gasteiger partial charge in [0.25, 0.3) is 10.1 Å². The molecular weight excluding hydrogens is 450 g/mol. The number of phenols is 1. The minimum absolute atomic E-state index is 0.0406. The topological polar surface area (TPSA) is 167 Å². The maximum atomic E-state index is 11.6. The Morgan fingerprint density at radius 2 is 1.84 bits per heavy atom. The molecule has 0 saturated carbocycles. The van der Waals surface area contributed by atoms with Gasteiger partial charge in [-0.15, -0.1) is 9.45 Å². The first-order chi connectivity index (χ1) is 14.7. The van der Waals surface area contributed by atoms with E-state index in [4.69, 9.17) is 5.26 Å². The summed E-state index contributed by atoms with van der Waals surface area (Å²) in [7, 11) is -4.63. The summed E-state index contributed by atoms with van der Waals surface area (Å²) in [5.74, 6) is -1.01. The molecule has 31 heavy (non-hydrogen) atoms. The summed E-state index contributed by atoms with van der Waals surface area (Å²) in [5.41, 5.74) is 0.285. The van der Waals surface area contributed by atoms with Gasteiger partial charge in [-0.2, -0.15) is 13.5 Å². The van der Waals surface area contributed by atoms with Gasteiger partial charge in [0.15, 0.2) is 5.75 Å². The molecule has 3 aromatic carbocycles. The number of anilines is 1. The fraction of sp³-hybridized carbons (Fsp3) is 0.0556. The lowest BCUT2D eigenvalue weighted by Gasteiger charge is -2.14. The third-order valence-electron chi connectivity index (χ3n) is 3.91. The lowest BCUT2D eigenvalue weighted by atomic mass is 10.1. The summed E-state index contributed by atoms with van der Waals surface area (Å²) in [6.07, 6.45) is 0. The van der Waals surface area contributed by atoms with Gasteiger partial charge in [-0.05, 0) is 35.7 Å². The number of nitrogens with one attached hydrogen (secondary N) is 1. The zero-order valence-corrected chi connectivity index (χ0v) is 17.3. The largest absolute Gasteiger partial charge is 0.505 e. The van der Waals surface area contributed by atoms with Crippen molar-refractivity contribution in [3.8, 4) is 5.75 Å². The minimum atomic E-state index is -4.63. The first kappa shape index (κ1) is 22.6. The van der Waals surface area contributed by atoms with Crippen molar-refractivity contribution >= 4 is 55.9 Å². The van der Waals surface area contributed by atoms with Crippen LogP contribution < -0.4 is 5.32 Å². The van der Waals surface area contributed by atoms with Crippen LogP contribution in [-0.4, -0.2) is 29.2 Å². The second-order valence-corrected chi connectivity index (χ2v) is 8.22. The number of hydrogen-bond donors (Lipinski definition) is 4. The quantitative estimate of drug-likeness (QED) is 0.128. The molecule has 0 radical (unpaired) electrons. The minimum Gasteiger partial charge on any atom is -0.505 e. The molecule has 0 unspecified atom stereocenters. The number of phenolic OH excluding ortho intramolecular Hbond substituents is 1. The van der Waals surface area contributed by atoms with Crippen LogP contribution in [-0.2, 0) is 24.3 Å². The van der Waals surface area contributed by atoms with Crippen molar-refractivity contribution in [2.75, 3.05) is 5.32 Å². The zero-order chi connectivity index (χ0) is 22.6. The van der Waals surface area contributed by atoms with Crippen molar-refractivity contribution in [2.45, 2.75) is 16.7 Å². The molecule has 0 fully saturated rings. The van der Waals surface area contributed by atoms with E-state index in [0.29, 0.717) is 17.7 Å². The van der Waals surface area contributed by atoms with Crippen molar-refractivity contribution in [1.29, 1.82) is 0 Å². The Hall–Kier alpha value is -3.07. The molecule has 1 amide bonds.